The van der Waals surface area contributed by atoms with Gasteiger partial charge in [0.15, 0.2) is 0 Å². The van der Waals surface area contributed by atoms with Crippen molar-refractivity contribution >= 4 is 5.91 Å². The molecule has 1 amide bonds. The Morgan fingerprint density at radius 3 is 2.24 bits per heavy atom. The van der Waals surface area contributed by atoms with Gasteiger partial charge in [0, 0.05) is 31.1 Å². The molecule has 138 valence electrons. The zero-order chi connectivity index (χ0) is 18.2. The van der Waals surface area contributed by atoms with E-state index >= 15 is 0 Å². The minimum Gasteiger partial charge on any atom is -0.353 e. The molecule has 2 atom stereocenters. The molecule has 1 aromatic rings. The average molecular weight is 343 g/mol. The second-order valence-electron chi connectivity index (χ2n) is 9.23. The number of rotatable bonds is 4. The lowest BCUT2D eigenvalue weighted by molar-refractivity contribution is -0.123. The van der Waals surface area contributed by atoms with Gasteiger partial charge in [0.1, 0.15) is 0 Å². The fraction of sp³-hybridized carbons (Fsp3) is 0.682. The summed E-state index contributed by atoms with van der Waals surface area (Å²) in [5.74, 6) is 0.876. The van der Waals surface area contributed by atoms with E-state index in [4.69, 9.17) is 0 Å². The van der Waals surface area contributed by atoms with Gasteiger partial charge in [0.2, 0.25) is 5.91 Å². The van der Waals surface area contributed by atoms with Crippen LogP contribution in [-0.4, -0.2) is 36.0 Å². The van der Waals surface area contributed by atoms with Gasteiger partial charge < -0.3 is 10.2 Å². The normalized spacial score (nSPS) is 25.2. The van der Waals surface area contributed by atoms with Gasteiger partial charge in [-0.3, -0.25) is 4.79 Å². The van der Waals surface area contributed by atoms with E-state index in [-0.39, 0.29) is 17.2 Å². The maximum Gasteiger partial charge on any atom is 0.223 e. The number of carbonyl (C=O) groups is 1. The maximum atomic E-state index is 12.6. The predicted molar refractivity (Wildman–Crippen MR) is 104 cm³/mol. The van der Waals surface area contributed by atoms with Crippen LogP contribution < -0.4 is 5.32 Å². The first-order valence-corrected chi connectivity index (χ1v) is 9.90. The van der Waals surface area contributed by atoms with Crippen molar-refractivity contribution in [2.45, 2.75) is 77.3 Å². The quantitative estimate of drug-likeness (QED) is 0.894. The summed E-state index contributed by atoms with van der Waals surface area (Å²) in [7, 11) is 0. The molecule has 3 nitrogen and oxygen atoms in total. The summed E-state index contributed by atoms with van der Waals surface area (Å²) in [5, 5.41) is 3.31. The Balaban J connectivity index is 1.49. The number of likely N-dealkylation sites (tertiary alicyclic amines) is 1. The number of nitrogens with zero attached hydrogens (tertiary/aromatic N) is 1. The Bertz CT molecular complexity index is 591. The molecule has 25 heavy (non-hydrogen) atoms. The smallest absolute Gasteiger partial charge is 0.223 e. The van der Waals surface area contributed by atoms with Crippen LogP contribution in [0.1, 0.15) is 70.9 Å². The fourth-order valence-electron chi connectivity index (χ4n) is 3.95. The largest absolute Gasteiger partial charge is 0.353 e. The van der Waals surface area contributed by atoms with E-state index in [1.165, 1.54) is 11.1 Å². The lowest BCUT2D eigenvalue weighted by Gasteiger charge is -2.34. The molecule has 1 aromatic carbocycles. The van der Waals surface area contributed by atoms with Crippen molar-refractivity contribution in [3.8, 4) is 0 Å². The Morgan fingerprint density at radius 2 is 1.72 bits per heavy atom. The van der Waals surface area contributed by atoms with Gasteiger partial charge in [-0.25, -0.2) is 0 Å². The second kappa shape index (κ2) is 7.11. The number of hydrogen-bond acceptors (Lipinski definition) is 2. The number of benzene rings is 1. The standard InChI is InChI=1S/C22H34N2O/c1-15(2)24-12-10-18(11-13-24)23-21(25)20-14-19(20)16-6-8-17(9-7-16)22(3,4)5/h6-9,15,18-20H,10-14H2,1-5H3,(H,23,25)/t19-,20-/m0/s1. The van der Waals surface area contributed by atoms with E-state index in [0.29, 0.717) is 18.0 Å². The van der Waals surface area contributed by atoms with Gasteiger partial charge in [-0.1, -0.05) is 45.0 Å². The SMILES string of the molecule is CC(C)N1CCC(NC(=O)[C@H]2C[C@H]2c2ccc(C(C)(C)C)cc2)CC1. The van der Waals surface area contributed by atoms with Gasteiger partial charge in [0.25, 0.3) is 0 Å². The van der Waals surface area contributed by atoms with E-state index in [2.05, 4.69) is 69.1 Å². The fourth-order valence-corrected chi connectivity index (χ4v) is 3.95. The van der Waals surface area contributed by atoms with Crippen molar-refractivity contribution in [2.24, 2.45) is 5.92 Å². The molecular formula is C22H34N2O. The Labute approximate surface area is 153 Å². The molecule has 0 bridgehead atoms. The Kier molecular flexibility index (Phi) is 5.24. The van der Waals surface area contributed by atoms with Crippen molar-refractivity contribution in [1.82, 2.24) is 10.2 Å². The first-order valence-electron chi connectivity index (χ1n) is 9.90. The minimum absolute atomic E-state index is 0.184. The van der Waals surface area contributed by atoms with E-state index in [9.17, 15) is 4.79 Å². The molecule has 0 unspecified atom stereocenters. The van der Waals surface area contributed by atoms with Crippen LogP contribution in [0.4, 0.5) is 0 Å². The van der Waals surface area contributed by atoms with Gasteiger partial charge in [-0.05, 0) is 55.6 Å². The first-order chi connectivity index (χ1) is 11.8. The van der Waals surface area contributed by atoms with Crippen molar-refractivity contribution in [2.75, 3.05) is 13.1 Å². The highest BCUT2D eigenvalue weighted by Crippen LogP contribution is 2.48. The molecular weight excluding hydrogens is 308 g/mol. The summed E-state index contributed by atoms with van der Waals surface area (Å²) >= 11 is 0. The third-order valence-electron chi connectivity index (χ3n) is 5.94. The molecule has 3 heteroatoms. The number of piperidine rings is 1. The minimum atomic E-state index is 0.184. The van der Waals surface area contributed by atoms with Crippen molar-refractivity contribution < 1.29 is 4.79 Å². The van der Waals surface area contributed by atoms with Crippen LogP contribution in [0.25, 0.3) is 0 Å². The summed E-state index contributed by atoms with van der Waals surface area (Å²) in [6, 6.07) is 9.88. The monoisotopic (exact) mass is 342 g/mol. The van der Waals surface area contributed by atoms with E-state index in [0.717, 1.165) is 32.4 Å². The van der Waals surface area contributed by atoms with E-state index < -0.39 is 0 Å². The number of carbonyl (C=O) groups excluding carboxylic acids is 1. The third kappa shape index (κ3) is 4.44. The van der Waals surface area contributed by atoms with Crippen LogP contribution in [0.5, 0.6) is 0 Å². The lowest BCUT2D eigenvalue weighted by atomic mass is 9.86. The average Bonchev–Trinajstić information content (AvgIpc) is 3.35. The van der Waals surface area contributed by atoms with E-state index in [1.54, 1.807) is 0 Å². The molecule has 1 aliphatic carbocycles. The van der Waals surface area contributed by atoms with Crippen LogP contribution in [0.3, 0.4) is 0 Å². The molecule has 2 fully saturated rings. The number of hydrogen-bond donors (Lipinski definition) is 1. The maximum absolute atomic E-state index is 12.6. The molecule has 1 heterocycles. The second-order valence-corrected chi connectivity index (χ2v) is 9.23. The lowest BCUT2D eigenvalue weighted by Crippen LogP contribution is -2.47. The van der Waals surface area contributed by atoms with Gasteiger partial charge in [-0.15, -0.1) is 0 Å². The Morgan fingerprint density at radius 1 is 1.12 bits per heavy atom. The van der Waals surface area contributed by atoms with Crippen molar-refractivity contribution in [1.29, 1.82) is 0 Å². The zero-order valence-corrected chi connectivity index (χ0v) is 16.5. The van der Waals surface area contributed by atoms with Crippen LogP contribution in [0, 0.1) is 5.92 Å². The van der Waals surface area contributed by atoms with Crippen LogP contribution in [0.2, 0.25) is 0 Å². The molecule has 1 N–H and O–H groups in total. The third-order valence-corrected chi connectivity index (χ3v) is 5.94. The molecule has 2 aliphatic rings. The first kappa shape index (κ1) is 18.4. The summed E-state index contributed by atoms with van der Waals surface area (Å²) in [4.78, 5) is 15.1. The highest BCUT2D eigenvalue weighted by molar-refractivity contribution is 5.83. The summed E-state index contributed by atoms with van der Waals surface area (Å²) < 4.78 is 0. The highest BCUT2D eigenvalue weighted by Gasteiger charge is 2.44. The topological polar surface area (TPSA) is 32.3 Å². The summed E-state index contributed by atoms with van der Waals surface area (Å²) in [6.07, 6.45) is 3.18. The van der Waals surface area contributed by atoms with Gasteiger partial charge in [-0.2, -0.15) is 0 Å². The zero-order valence-electron chi connectivity index (χ0n) is 16.5. The molecule has 0 radical (unpaired) electrons. The van der Waals surface area contributed by atoms with E-state index in [1.807, 2.05) is 0 Å². The van der Waals surface area contributed by atoms with Gasteiger partial charge >= 0.3 is 0 Å². The van der Waals surface area contributed by atoms with Gasteiger partial charge in [0.05, 0.1) is 0 Å². The Hall–Kier alpha value is -1.35. The molecule has 0 spiro atoms. The molecule has 3 rings (SSSR count). The highest BCUT2D eigenvalue weighted by atomic mass is 16.2. The summed E-state index contributed by atoms with van der Waals surface area (Å²) in [6.45, 7) is 13.4. The molecule has 0 aromatic heterocycles. The van der Waals surface area contributed by atoms with Crippen molar-refractivity contribution in [3.05, 3.63) is 35.4 Å². The van der Waals surface area contributed by atoms with Crippen LogP contribution >= 0.6 is 0 Å². The number of amides is 1. The number of nitrogens with one attached hydrogen (secondary N) is 1. The van der Waals surface area contributed by atoms with Crippen LogP contribution in [-0.2, 0) is 10.2 Å². The van der Waals surface area contributed by atoms with Crippen LogP contribution in [0.15, 0.2) is 24.3 Å². The van der Waals surface area contributed by atoms with Crippen molar-refractivity contribution in [3.63, 3.8) is 0 Å². The predicted octanol–water partition coefficient (Wildman–Crippen LogP) is 4.08. The molecule has 1 aliphatic heterocycles. The molecule has 1 saturated heterocycles. The molecule has 1 saturated carbocycles. The summed E-state index contributed by atoms with van der Waals surface area (Å²) in [5.41, 5.74) is 2.86.